The van der Waals surface area contributed by atoms with Gasteiger partial charge in [-0.1, -0.05) is 0 Å². The maximum absolute atomic E-state index is 12.5. The summed E-state index contributed by atoms with van der Waals surface area (Å²) in [6.45, 7) is 4.66. The molecule has 2 aliphatic heterocycles. The fraction of sp³-hybridized carbons (Fsp3) is 0.471. The number of hydrogen-bond acceptors (Lipinski definition) is 7. The number of carbonyl (C=O) groups is 4. The Kier molecular flexibility index (Phi) is 5.45. The Morgan fingerprint density at radius 3 is 2.68 bits per heavy atom. The average molecular weight is 408 g/mol. The maximum atomic E-state index is 12.5. The van der Waals surface area contributed by atoms with Crippen LogP contribution in [0.25, 0.3) is 0 Å². The lowest BCUT2D eigenvalue weighted by Crippen LogP contribution is -2.70. The summed E-state index contributed by atoms with van der Waals surface area (Å²) < 4.78 is 6.43. The summed E-state index contributed by atoms with van der Waals surface area (Å²) in [5, 5.41) is 15.9. The summed E-state index contributed by atoms with van der Waals surface area (Å²) in [7, 11) is 0. The van der Waals surface area contributed by atoms with Crippen molar-refractivity contribution in [1.82, 2.24) is 20.0 Å². The second kappa shape index (κ2) is 7.66. The summed E-state index contributed by atoms with van der Waals surface area (Å²) >= 11 is 1.32. The van der Waals surface area contributed by atoms with Crippen LogP contribution < -0.4 is 5.32 Å². The minimum absolute atomic E-state index is 0.0276. The molecule has 28 heavy (non-hydrogen) atoms. The van der Waals surface area contributed by atoms with Crippen molar-refractivity contribution in [3.05, 3.63) is 28.7 Å². The Bertz CT molecular complexity index is 892. The molecule has 11 heteroatoms. The van der Waals surface area contributed by atoms with E-state index in [0.717, 1.165) is 16.3 Å². The fourth-order valence-corrected chi connectivity index (χ4v) is 4.50. The van der Waals surface area contributed by atoms with Crippen molar-refractivity contribution in [3.63, 3.8) is 0 Å². The van der Waals surface area contributed by atoms with Gasteiger partial charge in [-0.2, -0.15) is 5.10 Å². The minimum atomic E-state index is -1.27. The molecule has 0 radical (unpaired) electrons. The molecule has 0 aliphatic carbocycles. The number of aliphatic carboxylic acids is 1. The summed E-state index contributed by atoms with van der Waals surface area (Å²) in [4.78, 5) is 48.6. The van der Waals surface area contributed by atoms with Gasteiger partial charge >= 0.3 is 11.9 Å². The smallest absolute Gasteiger partial charge is 0.352 e. The first-order valence-electron chi connectivity index (χ1n) is 8.52. The largest absolute Gasteiger partial charge is 0.477 e. The molecule has 1 saturated heterocycles. The third-order valence-corrected chi connectivity index (χ3v) is 5.75. The zero-order valence-corrected chi connectivity index (χ0v) is 16.4. The first kappa shape index (κ1) is 19.9. The number of esters is 1. The first-order chi connectivity index (χ1) is 13.2. The van der Waals surface area contributed by atoms with Crippen molar-refractivity contribution in [2.45, 2.75) is 38.7 Å². The van der Waals surface area contributed by atoms with Crippen LogP contribution >= 0.6 is 11.8 Å². The van der Waals surface area contributed by atoms with Crippen LogP contribution in [0.15, 0.2) is 17.3 Å². The Balaban J connectivity index is 1.69. The number of nitrogens with zero attached hydrogens (tertiary/aromatic N) is 3. The van der Waals surface area contributed by atoms with E-state index in [9.17, 15) is 24.3 Å². The number of aromatic nitrogens is 2. The van der Waals surface area contributed by atoms with Crippen LogP contribution in [-0.2, 0) is 30.5 Å². The van der Waals surface area contributed by atoms with Gasteiger partial charge in [0.15, 0.2) is 0 Å². The van der Waals surface area contributed by atoms with Crippen LogP contribution in [0, 0.1) is 13.8 Å². The maximum Gasteiger partial charge on any atom is 0.352 e. The van der Waals surface area contributed by atoms with Gasteiger partial charge in [0.25, 0.3) is 5.91 Å². The highest BCUT2D eigenvalue weighted by Crippen LogP contribution is 2.40. The number of aryl methyl sites for hydroxylation is 2. The number of ether oxygens (including phenoxy) is 1. The van der Waals surface area contributed by atoms with Crippen LogP contribution in [0.5, 0.6) is 0 Å². The van der Waals surface area contributed by atoms with Crippen LogP contribution in [0.1, 0.15) is 18.3 Å². The normalized spacial score (nSPS) is 21.1. The van der Waals surface area contributed by atoms with Gasteiger partial charge in [-0.3, -0.25) is 24.0 Å². The van der Waals surface area contributed by atoms with Gasteiger partial charge in [-0.25, -0.2) is 4.79 Å². The van der Waals surface area contributed by atoms with Crippen LogP contribution in [0.4, 0.5) is 0 Å². The molecule has 3 heterocycles. The van der Waals surface area contributed by atoms with E-state index in [4.69, 9.17) is 4.74 Å². The SMILES string of the molecule is CC(=O)OCC1=C(C(=O)O)N2C(=O)[C@@H](NC(=O)Cn3nc(C)cc3C)[C@@H]2SC1. The van der Waals surface area contributed by atoms with E-state index in [1.54, 1.807) is 4.68 Å². The Morgan fingerprint density at radius 2 is 2.11 bits per heavy atom. The molecule has 2 amide bonds. The standard InChI is InChI=1S/C17H20N4O6S/c1-8-4-9(2)20(19-8)5-12(23)18-13-15(24)21-14(17(25)26)11(6-27-10(3)22)7-28-16(13)21/h4,13,16H,5-7H2,1-3H3,(H,18,23)(H,25,26)/t13-,16+/m1/s1. The van der Waals surface area contributed by atoms with Crippen molar-refractivity contribution < 1.29 is 29.0 Å². The fourth-order valence-electron chi connectivity index (χ4n) is 3.17. The van der Waals surface area contributed by atoms with Crippen LogP contribution in [0.3, 0.4) is 0 Å². The zero-order chi connectivity index (χ0) is 20.6. The Morgan fingerprint density at radius 1 is 1.39 bits per heavy atom. The minimum Gasteiger partial charge on any atom is -0.477 e. The third-order valence-electron chi connectivity index (χ3n) is 4.41. The quantitative estimate of drug-likeness (QED) is 0.489. The number of nitrogens with one attached hydrogen (secondary N) is 1. The monoisotopic (exact) mass is 408 g/mol. The van der Waals surface area contributed by atoms with Crippen LogP contribution in [-0.4, -0.2) is 67.3 Å². The molecule has 2 N–H and O–H groups in total. The molecular weight excluding hydrogens is 388 g/mol. The number of carbonyl (C=O) groups excluding carboxylic acids is 3. The zero-order valence-electron chi connectivity index (χ0n) is 15.6. The molecule has 1 aromatic rings. The van der Waals surface area contributed by atoms with Crippen molar-refractivity contribution in [1.29, 1.82) is 0 Å². The molecule has 1 fully saturated rings. The Hall–Kier alpha value is -2.82. The predicted molar refractivity (Wildman–Crippen MR) is 98.0 cm³/mol. The van der Waals surface area contributed by atoms with E-state index in [0.29, 0.717) is 5.57 Å². The first-order valence-corrected chi connectivity index (χ1v) is 9.57. The highest BCUT2D eigenvalue weighted by atomic mass is 32.2. The second-order valence-electron chi connectivity index (χ2n) is 6.58. The summed E-state index contributed by atoms with van der Waals surface area (Å²) in [5.41, 5.74) is 1.78. The lowest BCUT2D eigenvalue weighted by Gasteiger charge is -2.49. The molecule has 10 nitrogen and oxygen atoms in total. The van der Waals surface area contributed by atoms with Crippen molar-refractivity contribution in [2.75, 3.05) is 12.4 Å². The number of amides is 2. The van der Waals surface area contributed by atoms with E-state index >= 15 is 0 Å². The summed E-state index contributed by atoms with van der Waals surface area (Å²) in [6, 6.07) is 1.04. The highest BCUT2D eigenvalue weighted by molar-refractivity contribution is 8.00. The van der Waals surface area contributed by atoms with Gasteiger partial charge in [-0.15, -0.1) is 11.8 Å². The number of fused-ring (bicyclic) bond motifs is 1. The van der Waals surface area contributed by atoms with Gasteiger partial charge in [0.2, 0.25) is 5.91 Å². The molecule has 0 saturated carbocycles. The number of thioether (sulfide) groups is 1. The van der Waals surface area contributed by atoms with Gasteiger partial charge < -0.3 is 15.2 Å². The molecule has 0 bridgehead atoms. The van der Waals surface area contributed by atoms with Gasteiger partial charge in [0.05, 0.1) is 5.69 Å². The average Bonchev–Trinajstić information content (AvgIpc) is 2.93. The van der Waals surface area contributed by atoms with E-state index in [-0.39, 0.29) is 30.5 Å². The molecule has 0 spiro atoms. The third kappa shape index (κ3) is 3.75. The molecule has 2 aliphatic rings. The van der Waals surface area contributed by atoms with E-state index in [1.165, 1.54) is 18.7 Å². The molecule has 150 valence electrons. The van der Waals surface area contributed by atoms with E-state index in [2.05, 4.69) is 10.4 Å². The number of carboxylic acids is 1. The lowest BCUT2D eigenvalue weighted by molar-refractivity contribution is -0.151. The molecular formula is C17H20N4O6S. The van der Waals surface area contributed by atoms with Gasteiger partial charge in [0, 0.05) is 23.9 Å². The molecule has 2 atom stereocenters. The second-order valence-corrected chi connectivity index (χ2v) is 7.68. The molecule has 3 rings (SSSR count). The van der Waals surface area contributed by atoms with Crippen molar-refractivity contribution in [2.24, 2.45) is 0 Å². The molecule has 1 aromatic heterocycles. The van der Waals surface area contributed by atoms with Gasteiger partial charge in [0.1, 0.15) is 30.3 Å². The number of β-lactam (4-membered cyclic amide) rings is 1. The van der Waals surface area contributed by atoms with Crippen LogP contribution in [0.2, 0.25) is 0 Å². The number of hydrogen-bond donors (Lipinski definition) is 2. The van der Waals surface area contributed by atoms with E-state index < -0.39 is 29.3 Å². The molecule has 0 aromatic carbocycles. The van der Waals surface area contributed by atoms with E-state index in [1.807, 2.05) is 19.9 Å². The Labute approximate surface area is 164 Å². The van der Waals surface area contributed by atoms with Gasteiger partial charge in [-0.05, 0) is 19.9 Å². The van der Waals surface area contributed by atoms with Crippen molar-refractivity contribution in [3.8, 4) is 0 Å². The summed E-state index contributed by atoms with van der Waals surface area (Å²) in [5.74, 6) is -2.40. The van der Waals surface area contributed by atoms with Crippen molar-refractivity contribution >= 4 is 35.5 Å². The summed E-state index contributed by atoms with van der Waals surface area (Å²) in [6.07, 6.45) is 0. The highest BCUT2D eigenvalue weighted by Gasteiger charge is 2.54. The lowest BCUT2D eigenvalue weighted by atomic mass is 10.0. The topological polar surface area (TPSA) is 131 Å². The number of rotatable bonds is 6. The molecule has 0 unspecified atom stereocenters. The number of carboxylic acid groups (broad SMARTS) is 1. The predicted octanol–water partition coefficient (Wildman–Crippen LogP) is -0.198.